The molecule has 0 radical (unpaired) electrons. The van der Waals surface area contributed by atoms with E-state index in [1.807, 2.05) is 0 Å². The number of ether oxygens (including phenoxy) is 1. The average Bonchev–Trinajstić information content (AvgIpc) is 3.26. The zero-order chi connectivity index (χ0) is 21.8. The maximum atomic E-state index is 13.1. The molecule has 8 nitrogen and oxygen atoms in total. The molecule has 0 saturated heterocycles. The maximum Gasteiger partial charge on any atom is 0.263 e. The van der Waals surface area contributed by atoms with Crippen LogP contribution < -0.4 is 15.6 Å². The molecule has 2 aromatic heterocycles. The van der Waals surface area contributed by atoms with Crippen LogP contribution in [0.1, 0.15) is 0 Å². The number of amides is 1. The first-order valence-electron chi connectivity index (χ1n) is 9.27. The quantitative estimate of drug-likeness (QED) is 0.514. The predicted octanol–water partition coefficient (Wildman–Crippen LogP) is 3.35. The number of aromatic nitrogens is 3. The molecule has 4 aromatic rings. The highest BCUT2D eigenvalue weighted by Gasteiger charge is 2.16. The Morgan fingerprint density at radius 2 is 1.87 bits per heavy atom. The van der Waals surface area contributed by atoms with Gasteiger partial charge in [0.25, 0.3) is 11.4 Å². The number of nitrogens with one attached hydrogen (secondary N) is 1. The first-order valence-corrected chi connectivity index (χ1v) is 9.27. The van der Waals surface area contributed by atoms with Gasteiger partial charge in [0.1, 0.15) is 23.7 Å². The highest BCUT2D eigenvalue weighted by Crippen LogP contribution is 2.20. The molecule has 31 heavy (non-hydrogen) atoms. The standard InChI is InChI=1S/C22H17FN4O4/c1-30-17-10-8-16(9-11-17)24-19(28)13-27-12-2-3-18(22(27)29)21-25-20(26-31-21)14-4-6-15(23)7-5-14/h2-12H,13H2,1H3,(H,24,28). The summed E-state index contributed by atoms with van der Waals surface area (Å²) in [6, 6.07) is 15.6. The zero-order valence-corrected chi connectivity index (χ0v) is 16.4. The van der Waals surface area contributed by atoms with Gasteiger partial charge in [-0.15, -0.1) is 0 Å². The van der Waals surface area contributed by atoms with Gasteiger partial charge < -0.3 is 19.1 Å². The molecule has 0 atom stereocenters. The summed E-state index contributed by atoms with van der Waals surface area (Å²) >= 11 is 0. The van der Waals surface area contributed by atoms with Crippen molar-refractivity contribution in [3.05, 3.63) is 83.0 Å². The van der Waals surface area contributed by atoms with Crippen LogP contribution in [0, 0.1) is 5.82 Å². The molecule has 156 valence electrons. The number of benzene rings is 2. The highest BCUT2D eigenvalue weighted by molar-refractivity contribution is 5.90. The van der Waals surface area contributed by atoms with Crippen molar-refractivity contribution in [2.24, 2.45) is 0 Å². The molecule has 0 unspecified atom stereocenters. The summed E-state index contributed by atoms with van der Waals surface area (Å²) in [6.07, 6.45) is 1.50. The second kappa shape index (κ2) is 8.62. The van der Waals surface area contributed by atoms with Crippen molar-refractivity contribution in [2.75, 3.05) is 12.4 Å². The van der Waals surface area contributed by atoms with Crippen LogP contribution in [-0.4, -0.2) is 27.7 Å². The summed E-state index contributed by atoms with van der Waals surface area (Å²) in [5.74, 6) is 0.144. The van der Waals surface area contributed by atoms with Crippen LogP contribution in [-0.2, 0) is 11.3 Å². The molecule has 0 spiro atoms. The lowest BCUT2D eigenvalue weighted by molar-refractivity contribution is -0.116. The fraction of sp³-hybridized carbons (Fsp3) is 0.0909. The summed E-state index contributed by atoms with van der Waals surface area (Å²) in [6.45, 7) is -0.197. The third-order valence-electron chi connectivity index (χ3n) is 4.47. The molecule has 4 rings (SSSR count). The molecule has 0 aliphatic carbocycles. The Kier molecular flexibility index (Phi) is 5.57. The Morgan fingerprint density at radius 3 is 2.58 bits per heavy atom. The number of nitrogens with zero attached hydrogens (tertiary/aromatic N) is 3. The minimum Gasteiger partial charge on any atom is -0.497 e. The fourth-order valence-electron chi connectivity index (χ4n) is 2.90. The van der Waals surface area contributed by atoms with E-state index in [1.54, 1.807) is 37.4 Å². The van der Waals surface area contributed by atoms with Gasteiger partial charge in [-0.25, -0.2) is 4.39 Å². The summed E-state index contributed by atoms with van der Waals surface area (Å²) in [5.41, 5.74) is 0.824. The topological polar surface area (TPSA) is 99.2 Å². The molecule has 1 amide bonds. The number of hydrogen-bond donors (Lipinski definition) is 1. The molecule has 0 bridgehead atoms. The Morgan fingerprint density at radius 1 is 1.13 bits per heavy atom. The van der Waals surface area contributed by atoms with Gasteiger partial charge in [-0.05, 0) is 60.7 Å². The van der Waals surface area contributed by atoms with Crippen molar-refractivity contribution in [2.45, 2.75) is 6.54 Å². The Hall–Kier alpha value is -4.27. The highest BCUT2D eigenvalue weighted by atomic mass is 19.1. The SMILES string of the molecule is COc1ccc(NC(=O)Cn2cccc(-c3nc(-c4ccc(F)cc4)no3)c2=O)cc1. The minimum absolute atomic E-state index is 0.00855. The lowest BCUT2D eigenvalue weighted by Crippen LogP contribution is -2.28. The van der Waals surface area contributed by atoms with Gasteiger partial charge in [-0.2, -0.15) is 4.98 Å². The van der Waals surface area contributed by atoms with Crippen molar-refractivity contribution < 1.29 is 18.4 Å². The monoisotopic (exact) mass is 420 g/mol. The smallest absolute Gasteiger partial charge is 0.263 e. The van der Waals surface area contributed by atoms with Crippen molar-refractivity contribution >= 4 is 11.6 Å². The number of hydrogen-bond acceptors (Lipinski definition) is 6. The number of halogens is 1. The number of carbonyl (C=O) groups is 1. The van der Waals surface area contributed by atoms with E-state index in [-0.39, 0.29) is 35.5 Å². The van der Waals surface area contributed by atoms with Crippen LogP contribution in [0.5, 0.6) is 5.75 Å². The Bertz CT molecular complexity index is 1260. The van der Waals surface area contributed by atoms with E-state index in [1.165, 1.54) is 41.1 Å². The molecular formula is C22H17FN4O4. The molecular weight excluding hydrogens is 403 g/mol. The second-order valence-electron chi connectivity index (χ2n) is 6.56. The van der Waals surface area contributed by atoms with Gasteiger partial charge in [0.15, 0.2) is 0 Å². The first kappa shape index (κ1) is 20.0. The van der Waals surface area contributed by atoms with Crippen LogP contribution in [0.2, 0.25) is 0 Å². The van der Waals surface area contributed by atoms with E-state index in [4.69, 9.17) is 9.26 Å². The summed E-state index contributed by atoms with van der Waals surface area (Å²) < 4.78 is 24.6. The summed E-state index contributed by atoms with van der Waals surface area (Å²) in [5, 5.41) is 6.57. The molecule has 0 saturated carbocycles. The lowest BCUT2D eigenvalue weighted by Gasteiger charge is -2.08. The number of carbonyl (C=O) groups excluding carboxylic acids is 1. The summed E-state index contributed by atoms with van der Waals surface area (Å²) in [4.78, 5) is 29.4. The van der Waals surface area contributed by atoms with Gasteiger partial charge in [-0.3, -0.25) is 9.59 Å². The van der Waals surface area contributed by atoms with Gasteiger partial charge in [0.2, 0.25) is 11.7 Å². The molecule has 9 heteroatoms. The normalized spacial score (nSPS) is 10.6. The van der Waals surface area contributed by atoms with E-state index < -0.39 is 5.56 Å². The van der Waals surface area contributed by atoms with Gasteiger partial charge in [0, 0.05) is 17.4 Å². The zero-order valence-electron chi connectivity index (χ0n) is 16.4. The van der Waals surface area contributed by atoms with E-state index >= 15 is 0 Å². The Balaban J connectivity index is 1.52. The third kappa shape index (κ3) is 4.50. The van der Waals surface area contributed by atoms with E-state index in [0.29, 0.717) is 17.0 Å². The first-order chi connectivity index (χ1) is 15.0. The number of anilines is 1. The average molecular weight is 420 g/mol. The van der Waals surface area contributed by atoms with Crippen LogP contribution in [0.15, 0.2) is 76.2 Å². The number of rotatable bonds is 6. The van der Waals surface area contributed by atoms with Crippen molar-refractivity contribution in [3.8, 4) is 28.6 Å². The molecule has 2 heterocycles. The molecule has 2 aromatic carbocycles. The molecule has 0 aliphatic rings. The van der Waals surface area contributed by atoms with Gasteiger partial charge >= 0.3 is 0 Å². The van der Waals surface area contributed by atoms with E-state index in [9.17, 15) is 14.0 Å². The largest absolute Gasteiger partial charge is 0.497 e. The van der Waals surface area contributed by atoms with E-state index in [2.05, 4.69) is 15.5 Å². The second-order valence-corrected chi connectivity index (χ2v) is 6.56. The van der Waals surface area contributed by atoms with Gasteiger partial charge in [-0.1, -0.05) is 5.16 Å². The fourth-order valence-corrected chi connectivity index (χ4v) is 2.90. The third-order valence-corrected chi connectivity index (χ3v) is 4.47. The van der Waals surface area contributed by atoms with Crippen LogP contribution >= 0.6 is 0 Å². The van der Waals surface area contributed by atoms with E-state index in [0.717, 1.165) is 0 Å². The predicted molar refractivity (Wildman–Crippen MR) is 111 cm³/mol. The lowest BCUT2D eigenvalue weighted by atomic mass is 10.2. The van der Waals surface area contributed by atoms with Crippen molar-refractivity contribution in [3.63, 3.8) is 0 Å². The van der Waals surface area contributed by atoms with Crippen LogP contribution in [0.4, 0.5) is 10.1 Å². The maximum absolute atomic E-state index is 13.1. The Labute approximate surface area is 175 Å². The van der Waals surface area contributed by atoms with Crippen molar-refractivity contribution in [1.82, 2.24) is 14.7 Å². The molecule has 0 fully saturated rings. The minimum atomic E-state index is -0.457. The van der Waals surface area contributed by atoms with Crippen LogP contribution in [0.25, 0.3) is 22.8 Å². The number of pyridine rings is 1. The molecule has 1 N–H and O–H groups in total. The van der Waals surface area contributed by atoms with Gasteiger partial charge in [0.05, 0.1) is 7.11 Å². The summed E-state index contributed by atoms with van der Waals surface area (Å²) in [7, 11) is 1.55. The van der Waals surface area contributed by atoms with Crippen LogP contribution in [0.3, 0.4) is 0 Å². The number of methoxy groups -OCH3 is 1. The van der Waals surface area contributed by atoms with Crippen molar-refractivity contribution in [1.29, 1.82) is 0 Å². The molecule has 0 aliphatic heterocycles.